The number of carbonyl (C=O) groups is 1. The number of aromatic nitrogens is 2. The highest BCUT2D eigenvalue weighted by Gasteiger charge is 2.45. The molecule has 0 unspecified atom stereocenters. The van der Waals surface area contributed by atoms with E-state index in [1.807, 2.05) is 24.3 Å². The number of carbonyl (C=O) groups excluding carboxylic acids is 1. The molecule has 2 aromatic carbocycles. The van der Waals surface area contributed by atoms with Crippen LogP contribution >= 0.6 is 11.3 Å². The Balaban J connectivity index is 1.72. The average Bonchev–Trinajstić information content (AvgIpc) is 3.36. The number of methoxy groups -OCH3 is 1. The van der Waals surface area contributed by atoms with E-state index in [-0.39, 0.29) is 11.2 Å². The first-order valence-corrected chi connectivity index (χ1v) is 11.1. The van der Waals surface area contributed by atoms with E-state index in [1.165, 1.54) is 16.2 Å². The minimum absolute atomic E-state index is 0.0510. The van der Waals surface area contributed by atoms with E-state index in [0.717, 1.165) is 17.0 Å². The Morgan fingerprint density at radius 2 is 1.84 bits per heavy atom. The molecule has 5 rings (SSSR count). The maximum atomic E-state index is 13.5. The number of nitrogens with zero attached hydrogens (tertiary/aromatic N) is 3. The van der Waals surface area contributed by atoms with E-state index in [1.54, 1.807) is 31.4 Å². The lowest BCUT2D eigenvalue weighted by atomic mass is 9.98. The molecular formula is C24H21N3O4S. The molecule has 1 aliphatic heterocycles. The highest BCUT2D eigenvalue weighted by atomic mass is 32.1. The molecule has 1 amide bonds. The van der Waals surface area contributed by atoms with Crippen molar-refractivity contribution in [1.82, 2.24) is 10.2 Å². The van der Waals surface area contributed by atoms with Crippen LogP contribution < -0.4 is 15.1 Å². The third kappa shape index (κ3) is 3.27. The molecular weight excluding hydrogens is 426 g/mol. The van der Waals surface area contributed by atoms with Crippen molar-refractivity contribution < 1.29 is 13.9 Å². The van der Waals surface area contributed by atoms with Gasteiger partial charge in [0.25, 0.3) is 5.91 Å². The number of hydrogen-bond acceptors (Lipinski definition) is 7. The molecule has 162 valence electrons. The first kappa shape index (κ1) is 20.4. The summed E-state index contributed by atoms with van der Waals surface area (Å²) in [6.45, 7) is 4.21. The third-order valence-electron chi connectivity index (χ3n) is 5.45. The van der Waals surface area contributed by atoms with Crippen molar-refractivity contribution in [2.45, 2.75) is 26.3 Å². The van der Waals surface area contributed by atoms with Gasteiger partial charge in [0.15, 0.2) is 5.43 Å². The number of fused-ring (bicyclic) bond motifs is 2. The summed E-state index contributed by atoms with van der Waals surface area (Å²) in [7, 11) is 1.59. The standard InChI is InChI=1S/C24H21N3O4S/c1-13(2)12-18-25-26-24(32-18)27-20(14-8-10-15(30-3)11-9-14)19-21(28)16-6-4-5-7-17(16)31-22(19)23(27)29/h4-11,13,20H,12H2,1-3H3/t20-/m0/s1. The predicted molar refractivity (Wildman–Crippen MR) is 123 cm³/mol. The van der Waals surface area contributed by atoms with E-state index in [0.29, 0.717) is 33.3 Å². The molecule has 0 saturated heterocycles. The SMILES string of the molecule is COc1ccc([C@H]2c3c(oc4ccccc4c3=O)C(=O)N2c2nnc(CC(C)C)s2)cc1. The Labute approximate surface area is 188 Å². The van der Waals surface area contributed by atoms with Crippen LogP contribution in [0.15, 0.2) is 57.7 Å². The summed E-state index contributed by atoms with van der Waals surface area (Å²) in [4.78, 5) is 28.6. The number of rotatable bonds is 5. The second kappa shape index (κ2) is 7.87. The van der Waals surface area contributed by atoms with Crippen molar-refractivity contribution in [3.63, 3.8) is 0 Å². The van der Waals surface area contributed by atoms with Crippen LogP contribution in [-0.2, 0) is 6.42 Å². The lowest BCUT2D eigenvalue weighted by Crippen LogP contribution is -2.29. The second-order valence-corrected chi connectivity index (χ2v) is 9.14. The minimum Gasteiger partial charge on any atom is -0.497 e. The van der Waals surface area contributed by atoms with Crippen molar-refractivity contribution in [3.8, 4) is 5.75 Å². The molecule has 3 heterocycles. The molecule has 0 bridgehead atoms. The first-order valence-electron chi connectivity index (χ1n) is 10.3. The summed E-state index contributed by atoms with van der Waals surface area (Å²) in [6.07, 6.45) is 0.765. The molecule has 8 heteroatoms. The van der Waals surface area contributed by atoms with Gasteiger partial charge in [0, 0.05) is 6.42 Å². The quantitative estimate of drug-likeness (QED) is 0.444. The molecule has 0 spiro atoms. The van der Waals surface area contributed by atoms with Crippen LogP contribution in [0, 0.1) is 5.92 Å². The Bertz CT molecular complexity index is 1370. The van der Waals surface area contributed by atoms with Crippen LogP contribution in [0.5, 0.6) is 5.75 Å². The molecule has 32 heavy (non-hydrogen) atoms. The van der Waals surface area contributed by atoms with E-state index in [4.69, 9.17) is 9.15 Å². The molecule has 1 aliphatic rings. The lowest BCUT2D eigenvalue weighted by Gasteiger charge is -2.22. The summed E-state index contributed by atoms with van der Waals surface area (Å²) >= 11 is 1.36. The van der Waals surface area contributed by atoms with Crippen molar-refractivity contribution >= 4 is 33.3 Å². The number of ether oxygens (including phenoxy) is 1. The van der Waals surface area contributed by atoms with E-state index < -0.39 is 11.9 Å². The van der Waals surface area contributed by atoms with Gasteiger partial charge >= 0.3 is 0 Å². The highest BCUT2D eigenvalue weighted by molar-refractivity contribution is 7.15. The van der Waals surface area contributed by atoms with Crippen molar-refractivity contribution in [2.75, 3.05) is 12.0 Å². The maximum absolute atomic E-state index is 13.5. The molecule has 0 saturated carbocycles. The Morgan fingerprint density at radius 3 is 2.56 bits per heavy atom. The molecule has 7 nitrogen and oxygen atoms in total. The second-order valence-electron chi connectivity index (χ2n) is 8.10. The van der Waals surface area contributed by atoms with Crippen LogP contribution in [0.2, 0.25) is 0 Å². The predicted octanol–water partition coefficient (Wildman–Crippen LogP) is 4.60. The molecule has 2 aromatic heterocycles. The Kier molecular flexibility index (Phi) is 5.01. The maximum Gasteiger partial charge on any atom is 0.297 e. The van der Waals surface area contributed by atoms with Gasteiger partial charge in [-0.3, -0.25) is 14.5 Å². The largest absolute Gasteiger partial charge is 0.497 e. The van der Waals surface area contributed by atoms with Gasteiger partial charge in [-0.15, -0.1) is 10.2 Å². The van der Waals surface area contributed by atoms with E-state index in [2.05, 4.69) is 24.0 Å². The number of amides is 1. The van der Waals surface area contributed by atoms with Gasteiger partial charge in [0.2, 0.25) is 10.9 Å². The summed E-state index contributed by atoms with van der Waals surface area (Å²) in [5.74, 6) is 0.754. The van der Waals surface area contributed by atoms with Crippen molar-refractivity contribution in [2.24, 2.45) is 5.92 Å². The third-order valence-corrected chi connectivity index (χ3v) is 6.40. The van der Waals surface area contributed by atoms with Gasteiger partial charge in [-0.05, 0) is 35.7 Å². The van der Waals surface area contributed by atoms with Crippen molar-refractivity contribution in [1.29, 1.82) is 0 Å². The highest BCUT2D eigenvalue weighted by Crippen LogP contribution is 2.42. The zero-order valence-corrected chi connectivity index (χ0v) is 18.7. The topological polar surface area (TPSA) is 85.5 Å². The summed E-state index contributed by atoms with van der Waals surface area (Å²) in [5.41, 5.74) is 1.25. The Morgan fingerprint density at radius 1 is 1.09 bits per heavy atom. The summed E-state index contributed by atoms with van der Waals surface area (Å²) in [6, 6.07) is 13.6. The van der Waals surface area contributed by atoms with Crippen LogP contribution in [0.25, 0.3) is 11.0 Å². The number of anilines is 1. The normalized spacial score (nSPS) is 15.6. The number of hydrogen-bond donors (Lipinski definition) is 0. The molecule has 0 N–H and O–H groups in total. The van der Waals surface area contributed by atoms with Gasteiger partial charge in [-0.25, -0.2) is 0 Å². The first-order chi connectivity index (χ1) is 15.5. The number of benzene rings is 2. The fraction of sp³-hybridized carbons (Fsp3) is 0.250. The molecule has 0 aliphatic carbocycles. The van der Waals surface area contributed by atoms with Crippen LogP contribution in [0.3, 0.4) is 0 Å². The molecule has 0 radical (unpaired) electrons. The minimum atomic E-state index is -0.663. The zero-order chi connectivity index (χ0) is 22.4. The zero-order valence-electron chi connectivity index (χ0n) is 17.9. The van der Waals surface area contributed by atoms with Gasteiger partial charge < -0.3 is 9.15 Å². The van der Waals surface area contributed by atoms with Crippen LogP contribution in [0.1, 0.15) is 46.6 Å². The molecule has 0 fully saturated rings. The smallest absolute Gasteiger partial charge is 0.297 e. The van der Waals surface area contributed by atoms with E-state index in [9.17, 15) is 9.59 Å². The van der Waals surface area contributed by atoms with Gasteiger partial charge in [-0.2, -0.15) is 0 Å². The summed E-state index contributed by atoms with van der Waals surface area (Å²) in [5, 5.41) is 10.3. The van der Waals surface area contributed by atoms with Crippen LogP contribution in [0.4, 0.5) is 5.13 Å². The fourth-order valence-electron chi connectivity index (χ4n) is 3.99. The number of para-hydroxylation sites is 1. The lowest BCUT2D eigenvalue weighted by molar-refractivity contribution is 0.0970. The van der Waals surface area contributed by atoms with Crippen molar-refractivity contribution in [3.05, 3.63) is 80.6 Å². The molecule has 4 aromatic rings. The molecule has 1 atom stereocenters. The fourth-order valence-corrected chi connectivity index (χ4v) is 5.07. The van der Waals surface area contributed by atoms with Gasteiger partial charge in [-0.1, -0.05) is 49.4 Å². The van der Waals surface area contributed by atoms with E-state index >= 15 is 0 Å². The van der Waals surface area contributed by atoms with Gasteiger partial charge in [0.05, 0.1) is 24.1 Å². The average molecular weight is 448 g/mol. The monoisotopic (exact) mass is 447 g/mol. The van der Waals surface area contributed by atoms with Crippen LogP contribution in [-0.4, -0.2) is 23.2 Å². The Hall–Kier alpha value is -3.52. The summed E-state index contributed by atoms with van der Waals surface area (Å²) < 4.78 is 11.2. The van der Waals surface area contributed by atoms with Gasteiger partial charge in [0.1, 0.15) is 16.3 Å².